The molecule has 1 fully saturated rings. The molecule has 2 aromatic rings. The Hall–Kier alpha value is -2.71. The number of piperidine rings is 1. The van der Waals surface area contributed by atoms with Crippen LogP contribution in [0, 0.1) is 5.92 Å². The van der Waals surface area contributed by atoms with Gasteiger partial charge in [-0.2, -0.15) is 0 Å². The second kappa shape index (κ2) is 12.8. The van der Waals surface area contributed by atoms with Crippen LogP contribution in [0.1, 0.15) is 57.4 Å². The highest BCUT2D eigenvalue weighted by Crippen LogP contribution is 2.32. The Kier molecular flexibility index (Phi) is 9.86. The Labute approximate surface area is 208 Å². The van der Waals surface area contributed by atoms with Gasteiger partial charge in [-0.05, 0) is 45.4 Å². The van der Waals surface area contributed by atoms with Gasteiger partial charge in [-0.25, -0.2) is 4.98 Å². The molecule has 2 heterocycles. The number of methoxy groups -OCH3 is 1. The molecule has 1 atom stereocenters. The lowest BCUT2D eigenvalue weighted by Gasteiger charge is -2.35. The summed E-state index contributed by atoms with van der Waals surface area (Å²) in [4.78, 5) is 32.4. The highest BCUT2D eigenvalue weighted by molar-refractivity contribution is 5.98. The molecule has 1 aromatic heterocycles. The maximum atomic E-state index is 13.3. The predicted molar refractivity (Wildman–Crippen MR) is 136 cm³/mol. The first kappa shape index (κ1) is 26.9. The SMILES string of the molecule is COCCCOc1cc(C(=O)N[C@@H]2CCCN(C(C)C)C2)nc2c(OCC(=O)C(C)C)cccc12. The highest BCUT2D eigenvalue weighted by atomic mass is 16.5. The van der Waals surface area contributed by atoms with Crippen LogP contribution in [0.15, 0.2) is 24.3 Å². The Morgan fingerprint density at radius 2 is 1.94 bits per heavy atom. The lowest BCUT2D eigenvalue weighted by atomic mass is 10.0. The van der Waals surface area contributed by atoms with E-state index in [0.717, 1.165) is 31.3 Å². The summed E-state index contributed by atoms with van der Waals surface area (Å²) in [5.74, 6) is 0.650. The van der Waals surface area contributed by atoms with Crippen molar-refractivity contribution in [2.45, 2.75) is 59.0 Å². The van der Waals surface area contributed by atoms with Crippen LogP contribution in [-0.2, 0) is 9.53 Å². The summed E-state index contributed by atoms with van der Waals surface area (Å²) < 4.78 is 17.0. The molecule has 0 saturated carbocycles. The number of aromatic nitrogens is 1. The van der Waals surface area contributed by atoms with Crippen LogP contribution >= 0.6 is 0 Å². The normalized spacial score (nSPS) is 16.6. The standard InChI is InChI=1S/C27H39N3O5/c1-18(2)23(31)17-35-24-11-6-10-21-25(34-14-8-13-33-5)15-22(29-26(21)24)27(32)28-20-9-7-12-30(16-20)19(3)4/h6,10-11,15,18-20H,7-9,12-14,16-17H2,1-5H3,(H,28,32)/t20-/m1/s1. The van der Waals surface area contributed by atoms with Crippen LogP contribution in [0.4, 0.5) is 0 Å². The van der Waals surface area contributed by atoms with Gasteiger partial charge in [0.2, 0.25) is 0 Å². The Morgan fingerprint density at radius 3 is 2.66 bits per heavy atom. The molecule has 1 aromatic carbocycles. The van der Waals surface area contributed by atoms with Gasteiger partial charge in [-0.3, -0.25) is 14.5 Å². The third kappa shape index (κ3) is 7.39. The molecule has 0 aliphatic carbocycles. The van der Waals surface area contributed by atoms with Gasteiger partial charge in [0, 0.05) is 56.1 Å². The number of carbonyl (C=O) groups is 2. The molecule has 1 aliphatic heterocycles. The number of fused-ring (bicyclic) bond motifs is 1. The molecule has 1 aliphatic rings. The maximum absolute atomic E-state index is 13.3. The molecule has 35 heavy (non-hydrogen) atoms. The van der Waals surface area contributed by atoms with Crippen molar-refractivity contribution in [3.63, 3.8) is 0 Å². The van der Waals surface area contributed by atoms with Crippen LogP contribution < -0.4 is 14.8 Å². The van der Waals surface area contributed by atoms with E-state index in [9.17, 15) is 9.59 Å². The maximum Gasteiger partial charge on any atom is 0.270 e. The van der Waals surface area contributed by atoms with Crippen molar-refractivity contribution >= 4 is 22.6 Å². The summed E-state index contributed by atoms with van der Waals surface area (Å²) in [6.07, 6.45) is 2.70. The topological polar surface area (TPSA) is 90.0 Å². The minimum atomic E-state index is -0.239. The summed E-state index contributed by atoms with van der Waals surface area (Å²) >= 11 is 0. The van der Waals surface area contributed by atoms with Crippen LogP contribution in [-0.4, -0.2) is 73.7 Å². The van der Waals surface area contributed by atoms with Gasteiger partial charge >= 0.3 is 0 Å². The van der Waals surface area contributed by atoms with E-state index in [1.165, 1.54) is 0 Å². The number of pyridine rings is 1. The number of ether oxygens (including phenoxy) is 3. The fourth-order valence-electron chi connectivity index (χ4n) is 4.10. The monoisotopic (exact) mass is 485 g/mol. The van der Waals surface area contributed by atoms with Gasteiger partial charge in [0.25, 0.3) is 5.91 Å². The van der Waals surface area contributed by atoms with E-state index in [2.05, 4.69) is 29.0 Å². The molecule has 192 valence electrons. The highest BCUT2D eigenvalue weighted by Gasteiger charge is 2.24. The van der Waals surface area contributed by atoms with Crippen LogP contribution in [0.5, 0.6) is 11.5 Å². The molecule has 3 rings (SSSR count). The number of carbonyl (C=O) groups excluding carboxylic acids is 2. The molecule has 0 bridgehead atoms. The first-order valence-electron chi connectivity index (χ1n) is 12.6. The second-order valence-electron chi connectivity index (χ2n) is 9.66. The minimum absolute atomic E-state index is 0.000977. The lowest BCUT2D eigenvalue weighted by molar-refractivity contribution is -0.123. The van der Waals surface area contributed by atoms with Gasteiger partial charge in [0.15, 0.2) is 5.78 Å². The fourth-order valence-corrected chi connectivity index (χ4v) is 4.10. The molecule has 8 nitrogen and oxygen atoms in total. The summed E-state index contributed by atoms with van der Waals surface area (Å²) in [5, 5.41) is 3.89. The molecule has 0 unspecified atom stereocenters. The van der Waals surface area contributed by atoms with Crippen molar-refractivity contribution in [2.24, 2.45) is 5.92 Å². The number of nitrogens with one attached hydrogen (secondary N) is 1. The molecule has 1 N–H and O–H groups in total. The Morgan fingerprint density at radius 1 is 1.14 bits per heavy atom. The predicted octanol–water partition coefficient (Wildman–Crippen LogP) is 3.86. The van der Waals surface area contributed by atoms with Crippen molar-refractivity contribution in [2.75, 3.05) is 40.0 Å². The van der Waals surface area contributed by atoms with Crippen molar-refractivity contribution in [3.05, 3.63) is 30.0 Å². The number of hydrogen-bond acceptors (Lipinski definition) is 7. The number of amides is 1. The van der Waals surface area contributed by atoms with E-state index in [-0.39, 0.29) is 36.0 Å². The first-order chi connectivity index (χ1) is 16.8. The third-order valence-corrected chi connectivity index (χ3v) is 6.28. The number of ketones is 1. The van der Waals surface area contributed by atoms with Gasteiger partial charge in [0.1, 0.15) is 29.3 Å². The van der Waals surface area contributed by atoms with Gasteiger partial charge < -0.3 is 19.5 Å². The molecule has 0 spiro atoms. The van der Waals surface area contributed by atoms with Crippen LogP contribution in [0.3, 0.4) is 0 Å². The number of likely N-dealkylation sites (tertiary alicyclic amines) is 1. The van der Waals surface area contributed by atoms with Crippen molar-refractivity contribution < 1.29 is 23.8 Å². The van der Waals surface area contributed by atoms with Crippen molar-refractivity contribution in [1.82, 2.24) is 15.2 Å². The first-order valence-corrected chi connectivity index (χ1v) is 12.6. The van der Waals surface area contributed by atoms with E-state index in [1.54, 1.807) is 19.2 Å². The fraction of sp³-hybridized carbons (Fsp3) is 0.593. The summed E-state index contributed by atoms with van der Waals surface area (Å²) in [6, 6.07) is 7.68. The molecule has 1 amide bonds. The largest absolute Gasteiger partial charge is 0.493 e. The molecular formula is C27H39N3O5. The van der Waals surface area contributed by atoms with E-state index in [4.69, 9.17) is 14.2 Å². The number of Topliss-reactive ketones (excluding diaryl/α,β-unsaturated/α-hetero) is 1. The number of hydrogen-bond donors (Lipinski definition) is 1. The van der Waals surface area contributed by atoms with E-state index >= 15 is 0 Å². The zero-order valence-electron chi connectivity index (χ0n) is 21.6. The Bertz CT molecular complexity index is 1010. The molecule has 1 saturated heterocycles. The molecule has 0 radical (unpaired) electrons. The molecule has 8 heteroatoms. The average molecular weight is 486 g/mol. The quantitative estimate of drug-likeness (QED) is 0.457. The van der Waals surface area contributed by atoms with Crippen molar-refractivity contribution in [3.8, 4) is 11.5 Å². The molecular weight excluding hydrogens is 446 g/mol. The average Bonchev–Trinajstić information content (AvgIpc) is 2.84. The van der Waals surface area contributed by atoms with Crippen molar-refractivity contribution in [1.29, 1.82) is 0 Å². The van der Waals surface area contributed by atoms with Gasteiger partial charge in [-0.1, -0.05) is 19.9 Å². The summed E-state index contributed by atoms with van der Waals surface area (Å²) in [5.41, 5.74) is 0.776. The number of benzene rings is 1. The zero-order chi connectivity index (χ0) is 25.4. The second-order valence-corrected chi connectivity index (χ2v) is 9.66. The summed E-state index contributed by atoms with van der Waals surface area (Å²) in [7, 11) is 1.65. The third-order valence-electron chi connectivity index (χ3n) is 6.28. The van der Waals surface area contributed by atoms with E-state index in [0.29, 0.717) is 42.7 Å². The number of nitrogens with zero attached hydrogens (tertiary/aromatic N) is 2. The van der Waals surface area contributed by atoms with E-state index < -0.39 is 0 Å². The number of rotatable bonds is 12. The zero-order valence-corrected chi connectivity index (χ0v) is 21.6. The van der Waals surface area contributed by atoms with Gasteiger partial charge in [0.05, 0.1) is 6.61 Å². The Balaban J connectivity index is 1.88. The smallest absolute Gasteiger partial charge is 0.270 e. The number of para-hydroxylation sites is 1. The lowest BCUT2D eigenvalue weighted by Crippen LogP contribution is -2.49. The minimum Gasteiger partial charge on any atom is -0.493 e. The van der Waals surface area contributed by atoms with Crippen LogP contribution in [0.2, 0.25) is 0 Å². The summed E-state index contributed by atoms with van der Waals surface area (Å²) in [6.45, 7) is 10.9. The van der Waals surface area contributed by atoms with E-state index in [1.807, 2.05) is 26.0 Å². The van der Waals surface area contributed by atoms with Gasteiger partial charge in [-0.15, -0.1) is 0 Å². The van der Waals surface area contributed by atoms with Crippen LogP contribution in [0.25, 0.3) is 10.9 Å².